The second-order valence-corrected chi connectivity index (χ2v) is 7.86. The number of nitro benzene ring substituents is 1. The topological polar surface area (TPSA) is 111 Å². The molecule has 9 nitrogen and oxygen atoms in total. The number of nitriles is 1. The van der Waals surface area contributed by atoms with E-state index in [0.29, 0.717) is 51.5 Å². The number of anilines is 1. The first-order valence-electron chi connectivity index (χ1n) is 8.48. The predicted octanol–water partition coefficient (Wildman–Crippen LogP) is 1.27. The van der Waals surface area contributed by atoms with Crippen LogP contribution in [0.4, 0.5) is 11.4 Å². The fraction of sp³-hybridized carbons (Fsp3) is 0.562. The van der Waals surface area contributed by atoms with Crippen LogP contribution in [0, 0.1) is 21.4 Å². The molecule has 0 saturated carbocycles. The number of hydrogen-bond acceptors (Lipinski definition) is 7. The van der Waals surface area contributed by atoms with Gasteiger partial charge < -0.3 is 4.90 Å². The van der Waals surface area contributed by atoms with Gasteiger partial charge in [0.25, 0.3) is 5.69 Å². The summed E-state index contributed by atoms with van der Waals surface area (Å²) < 4.78 is 26.5. The molecule has 0 radical (unpaired) electrons. The Morgan fingerprint density at radius 3 is 2.35 bits per heavy atom. The van der Waals surface area contributed by atoms with Crippen LogP contribution in [0.2, 0.25) is 0 Å². The van der Waals surface area contributed by atoms with Crippen molar-refractivity contribution in [3.8, 4) is 6.07 Å². The van der Waals surface area contributed by atoms with Crippen LogP contribution in [-0.2, 0) is 10.0 Å². The van der Waals surface area contributed by atoms with Crippen molar-refractivity contribution in [1.29, 1.82) is 5.26 Å². The van der Waals surface area contributed by atoms with Crippen LogP contribution in [0.1, 0.15) is 13.8 Å². The van der Waals surface area contributed by atoms with Crippen LogP contribution in [0.15, 0.2) is 23.1 Å². The molecule has 1 heterocycles. The van der Waals surface area contributed by atoms with E-state index < -0.39 is 14.9 Å². The lowest BCUT2D eigenvalue weighted by molar-refractivity contribution is -0.384. The Labute approximate surface area is 153 Å². The number of benzene rings is 1. The normalized spacial score (nSPS) is 15.8. The average molecular weight is 381 g/mol. The van der Waals surface area contributed by atoms with Gasteiger partial charge in [-0.15, -0.1) is 0 Å². The Hall–Kier alpha value is -2.22. The molecule has 1 aliphatic heterocycles. The number of nitro groups is 1. The van der Waals surface area contributed by atoms with E-state index in [-0.39, 0.29) is 10.6 Å². The zero-order valence-corrected chi connectivity index (χ0v) is 15.8. The molecule has 1 fully saturated rings. The van der Waals surface area contributed by atoms with E-state index >= 15 is 0 Å². The summed E-state index contributed by atoms with van der Waals surface area (Å²) in [6.07, 6.45) is 0. The van der Waals surface area contributed by atoms with Gasteiger partial charge in [0.1, 0.15) is 5.69 Å². The predicted molar refractivity (Wildman–Crippen MR) is 97.5 cm³/mol. The zero-order valence-electron chi connectivity index (χ0n) is 15.0. The van der Waals surface area contributed by atoms with E-state index in [4.69, 9.17) is 5.26 Å². The molecule has 0 amide bonds. The summed E-state index contributed by atoms with van der Waals surface area (Å²) in [7, 11) is -3.75. The molecule has 10 heteroatoms. The van der Waals surface area contributed by atoms with E-state index in [2.05, 4.69) is 6.07 Å². The van der Waals surface area contributed by atoms with Gasteiger partial charge in [-0.05, 0) is 12.1 Å². The number of rotatable bonds is 7. The average Bonchev–Trinajstić information content (AvgIpc) is 2.63. The molecule has 0 unspecified atom stereocenters. The Morgan fingerprint density at radius 2 is 1.85 bits per heavy atom. The maximum atomic E-state index is 12.6. The number of sulfonamides is 1. The maximum Gasteiger partial charge on any atom is 0.293 e. The van der Waals surface area contributed by atoms with Crippen LogP contribution in [0.25, 0.3) is 0 Å². The van der Waals surface area contributed by atoms with Crippen LogP contribution < -0.4 is 4.90 Å². The fourth-order valence-corrected chi connectivity index (χ4v) is 4.52. The lowest BCUT2D eigenvalue weighted by atomic mass is 10.2. The molecule has 1 saturated heterocycles. The second-order valence-electron chi connectivity index (χ2n) is 5.92. The Balaban J connectivity index is 2.34. The van der Waals surface area contributed by atoms with Gasteiger partial charge in [0, 0.05) is 45.3 Å². The summed E-state index contributed by atoms with van der Waals surface area (Å²) >= 11 is 0. The summed E-state index contributed by atoms with van der Waals surface area (Å²) in [6, 6.07) is 6.18. The largest absolute Gasteiger partial charge is 0.363 e. The molecule has 1 aromatic carbocycles. The second kappa shape index (κ2) is 8.44. The lowest BCUT2D eigenvalue weighted by Crippen LogP contribution is -2.46. The monoisotopic (exact) mass is 381 g/mol. The van der Waals surface area contributed by atoms with E-state index in [1.54, 1.807) is 13.8 Å². The first-order chi connectivity index (χ1) is 12.3. The summed E-state index contributed by atoms with van der Waals surface area (Å²) in [5.74, 6) is 0. The molecule has 1 aromatic rings. The minimum Gasteiger partial charge on any atom is -0.363 e. The molecule has 142 valence electrons. The highest BCUT2D eigenvalue weighted by molar-refractivity contribution is 7.89. The molecule has 1 aliphatic rings. The van der Waals surface area contributed by atoms with Gasteiger partial charge in [-0.25, -0.2) is 8.42 Å². The van der Waals surface area contributed by atoms with E-state index in [1.165, 1.54) is 16.4 Å². The van der Waals surface area contributed by atoms with E-state index in [9.17, 15) is 18.5 Å². The van der Waals surface area contributed by atoms with Crippen molar-refractivity contribution in [2.45, 2.75) is 18.7 Å². The molecule has 26 heavy (non-hydrogen) atoms. The van der Waals surface area contributed by atoms with Gasteiger partial charge in [-0.3, -0.25) is 15.0 Å². The van der Waals surface area contributed by atoms with Crippen molar-refractivity contribution < 1.29 is 13.3 Å². The van der Waals surface area contributed by atoms with Gasteiger partial charge >= 0.3 is 0 Å². The van der Waals surface area contributed by atoms with Crippen molar-refractivity contribution in [1.82, 2.24) is 9.21 Å². The summed E-state index contributed by atoms with van der Waals surface area (Å²) in [6.45, 7) is 6.74. The molecule has 0 atom stereocenters. The van der Waals surface area contributed by atoms with Crippen molar-refractivity contribution in [2.24, 2.45) is 0 Å². The number of nitrogens with zero attached hydrogens (tertiary/aromatic N) is 5. The van der Waals surface area contributed by atoms with Crippen molar-refractivity contribution >= 4 is 21.4 Å². The maximum absolute atomic E-state index is 12.6. The quantitative estimate of drug-likeness (QED) is 0.397. The molecule has 0 aliphatic carbocycles. The minimum atomic E-state index is -3.75. The molecule has 0 bridgehead atoms. The Bertz CT molecular complexity index is 793. The number of piperazine rings is 1. The van der Waals surface area contributed by atoms with Crippen molar-refractivity contribution in [2.75, 3.05) is 50.7 Å². The SMILES string of the molecule is CCN(CC)S(=O)(=O)c1ccc(N2CCN(CC#N)CC2)c([N+](=O)[O-])c1. The summed E-state index contributed by atoms with van der Waals surface area (Å²) in [4.78, 5) is 14.8. The highest BCUT2D eigenvalue weighted by Gasteiger charge is 2.28. The molecule has 2 rings (SSSR count). The van der Waals surface area contributed by atoms with Crippen molar-refractivity contribution in [3.05, 3.63) is 28.3 Å². The molecular weight excluding hydrogens is 358 g/mol. The van der Waals surface area contributed by atoms with Crippen LogP contribution in [0.5, 0.6) is 0 Å². The van der Waals surface area contributed by atoms with Crippen LogP contribution >= 0.6 is 0 Å². The van der Waals surface area contributed by atoms with E-state index in [1.807, 2.05) is 9.80 Å². The molecule has 0 spiro atoms. The Kier molecular flexibility index (Phi) is 6.52. The fourth-order valence-electron chi connectivity index (χ4n) is 3.04. The smallest absolute Gasteiger partial charge is 0.293 e. The van der Waals surface area contributed by atoms with Gasteiger partial charge in [-0.1, -0.05) is 13.8 Å². The highest BCUT2D eigenvalue weighted by Crippen LogP contribution is 2.32. The Morgan fingerprint density at radius 1 is 1.23 bits per heavy atom. The summed E-state index contributed by atoms with van der Waals surface area (Å²) in [5.41, 5.74) is 0.192. The van der Waals surface area contributed by atoms with Crippen LogP contribution in [0.3, 0.4) is 0 Å². The third-order valence-electron chi connectivity index (χ3n) is 4.49. The summed E-state index contributed by atoms with van der Waals surface area (Å²) in [5, 5.41) is 20.3. The van der Waals surface area contributed by atoms with E-state index in [0.717, 1.165) is 6.07 Å². The van der Waals surface area contributed by atoms with Gasteiger partial charge in [0.2, 0.25) is 10.0 Å². The van der Waals surface area contributed by atoms with Gasteiger partial charge in [0.05, 0.1) is 22.4 Å². The van der Waals surface area contributed by atoms with Crippen LogP contribution in [-0.4, -0.2) is 68.4 Å². The minimum absolute atomic E-state index is 0.0697. The first kappa shape index (κ1) is 20.1. The van der Waals surface area contributed by atoms with Gasteiger partial charge in [0.15, 0.2) is 0 Å². The third kappa shape index (κ3) is 4.12. The van der Waals surface area contributed by atoms with Crippen molar-refractivity contribution in [3.63, 3.8) is 0 Å². The number of hydrogen-bond donors (Lipinski definition) is 0. The molecule has 0 aromatic heterocycles. The first-order valence-corrected chi connectivity index (χ1v) is 9.92. The van der Waals surface area contributed by atoms with Gasteiger partial charge in [-0.2, -0.15) is 9.57 Å². The third-order valence-corrected chi connectivity index (χ3v) is 6.54. The molecule has 0 N–H and O–H groups in total. The highest BCUT2D eigenvalue weighted by atomic mass is 32.2. The lowest BCUT2D eigenvalue weighted by Gasteiger charge is -2.34. The standard InChI is InChI=1S/C16H23N5O4S/c1-3-20(4-2)26(24,25)14-5-6-15(16(13-14)21(22)23)19-11-9-18(8-7-17)10-12-19/h5-6,13H,3-4,8-12H2,1-2H3. The zero-order chi connectivity index (χ0) is 19.3. The molecular formula is C16H23N5O4S.